The second kappa shape index (κ2) is 22.2. The first-order valence-corrected chi connectivity index (χ1v) is 31.0. The molecule has 17 rings (SSSR count). The molecular weight excluding hydrogens is 1160 g/mol. The van der Waals surface area contributed by atoms with Crippen LogP contribution in [0.5, 0.6) is 23.0 Å². The molecule has 2 aliphatic heterocycles. The zero-order chi connectivity index (χ0) is 63.1. The highest BCUT2D eigenvalue weighted by Crippen LogP contribution is 2.49. The number of rotatable bonds is 10. The highest BCUT2D eigenvalue weighted by molar-refractivity contribution is 7.00. The minimum absolute atomic E-state index is 0.0444. The van der Waals surface area contributed by atoms with E-state index in [0.717, 1.165) is 123 Å². The van der Waals surface area contributed by atoms with Crippen molar-refractivity contribution in [3.8, 4) is 113 Å². The van der Waals surface area contributed by atoms with Gasteiger partial charge in [-0.2, -0.15) is 5.26 Å². The number of phenols is 4. The molecule has 0 radical (unpaired) electrons. The molecule has 2 aliphatic rings. The van der Waals surface area contributed by atoms with Crippen molar-refractivity contribution in [2.75, 3.05) is 9.80 Å². The van der Waals surface area contributed by atoms with Gasteiger partial charge >= 0.3 is 0 Å². The van der Waals surface area contributed by atoms with Gasteiger partial charge < -0.3 is 34.8 Å². The summed E-state index contributed by atoms with van der Waals surface area (Å²) >= 11 is 0. The number of fused-ring (bicyclic) bond motifs is 7. The standard InChI is InChI=1S/C82H52BN7O4/c84-49-50-26-34-73(69(36-50)82-86-80(52-18-8-2-9-19-52)85-81(87-82)53-20-10-3-11-21-53)90-72-35-30-54(41-68(72)67-31-27-55(42-74(67)90)51-16-6-1-7-17-51)60-45-77-79-78(46-60)89(62-24-14-5-15-25-62)76-44-57(59-39-65(93)48-66(94)40-59)29-33-71(76)83(79)70-32-28-56(58-37-63(91)47-64(92)38-58)43-75(70)88(77)61-22-12-4-13-23-61/h1-48,91-94H. The number of hydrogen-bond acceptors (Lipinski definition) is 10. The van der Waals surface area contributed by atoms with Gasteiger partial charge in [0.25, 0.3) is 6.71 Å². The number of anilines is 6. The van der Waals surface area contributed by atoms with Crippen LogP contribution in [0.25, 0.3) is 106 Å². The molecular formula is C82H52BN7O4. The molecule has 11 nitrogen and oxygen atoms in total. The Balaban J connectivity index is 0.932. The van der Waals surface area contributed by atoms with Crippen LogP contribution in [-0.2, 0) is 0 Å². The molecule has 4 N–H and O–H groups in total. The fourth-order valence-electron chi connectivity index (χ4n) is 13.9. The SMILES string of the molecule is N#Cc1ccc(-n2c3ccc(-c4cc5c6c(c4)N(c4ccccc4)c4cc(-c7cc(O)cc(O)c7)ccc4B6c4ccc(-c6cc(O)cc(O)c6)cc4N5c4ccccc4)cc3c3ccc(-c4ccccc4)cc32)c(-c2nc(-c3ccccc3)nc(-c3ccccc3)n2)c1. The summed E-state index contributed by atoms with van der Waals surface area (Å²) in [6, 6.07) is 99.2. The first-order chi connectivity index (χ1) is 46.2. The topological polar surface area (TPSA) is 155 Å². The summed E-state index contributed by atoms with van der Waals surface area (Å²) in [6.45, 7) is -0.306. The lowest BCUT2D eigenvalue weighted by atomic mass is 9.33. The Hall–Kier alpha value is -13.0. The Bertz CT molecular complexity index is 5320. The van der Waals surface area contributed by atoms with Gasteiger partial charge in [-0.15, -0.1) is 0 Å². The number of aromatic nitrogens is 4. The number of benzene rings is 13. The normalized spacial score (nSPS) is 12.1. The van der Waals surface area contributed by atoms with Crippen molar-refractivity contribution in [3.63, 3.8) is 0 Å². The number of phenolic OH excluding ortho intramolecular Hbond substituents is 4. The summed E-state index contributed by atoms with van der Waals surface area (Å²) in [5.41, 5.74) is 21.1. The van der Waals surface area contributed by atoms with Crippen LogP contribution in [0.15, 0.2) is 291 Å². The average Bonchev–Trinajstić information content (AvgIpc) is 0.706. The lowest BCUT2D eigenvalue weighted by molar-refractivity contribution is 0.450. The van der Waals surface area contributed by atoms with Gasteiger partial charge in [0.05, 0.1) is 28.4 Å². The smallest absolute Gasteiger partial charge is 0.252 e. The number of nitriles is 1. The molecule has 0 aliphatic carbocycles. The van der Waals surface area contributed by atoms with Gasteiger partial charge in [0.2, 0.25) is 0 Å². The molecule has 4 heterocycles. The van der Waals surface area contributed by atoms with Gasteiger partial charge in [-0.05, 0) is 170 Å². The van der Waals surface area contributed by atoms with E-state index in [2.05, 4.69) is 178 Å². The Morgan fingerprint density at radius 1 is 0.309 bits per heavy atom. The average molecular weight is 1210 g/mol. The van der Waals surface area contributed by atoms with E-state index in [1.165, 1.54) is 12.1 Å². The molecule has 442 valence electrons. The predicted octanol–water partition coefficient (Wildman–Crippen LogP) is 17.4. The van der Waals surface area contributed by atoms with Gasteiger partial charge in [0.1, 0.15) is 23.0 Å². The molecule has 15 aromatic rings. The summed E-state index contributed by atoms with van der Waals surface area (Å²) in [6.07, 6.45) is 0. The highest BCUT2D eigenvalue weighted by atomic mass is 16.3. The minimum Gasteiger partial charge on any atom is -0.508 e. The van der Waals surface area contributed by atoms with E-state index in [4.69, 9.17) is 15.0 Å². The van der Waals surface area contributed by atoms with E-state index >= 15 is 0 Å². The molecule has 0 unspecified atom stereocenters. The maximum atomic E-state index is 10.9. The first-order valence-electron chi connectivity index (χ1n) is 31.0. The van der Waals surface area contributed by atoms with Crippen molar-refractivity contribution in [2.24, 2.45) is 0 Å². The van der Waals surface area contributed by atoms with E-state index in [1.807, 2.05) is 97.1 Å². The van der Waals surface area contributed by atoms with E-state index in [0.29, 0.717) is 39.7 Å². The molecule has 0 bridgehead atoms. The molecule has 0 fully saturated rings. The quantitative estimate of drug-likeness (QED) is 0.0973. The van der Waals surface area contributed by atoms with Crippen LogP contribution in [0, 0.1) is 11.3 Å². The molecule has 0 amide bonds. The fourth-order valence-corrected chi connectivity index (χ4v) is 13.9. The third-order valence-corrected chi connectivity index (χ3v) is 18.1. The van der Waals surface area contributed by atoms with Crippen molar-refractivity contribution in [2.45, 2.75) is 0 Å². The van der Waals surface area contributed by atoms with Gasteiger partial charge in [0.15, 0.2) is 17.5 Å². The van der Waals surface area contributed by atoms with Crippen molar-refractivity contribution in [1.29, 1.82) is 5.26 Å². The first kappa shape index (κ1) is 55.1. The summed E-state index contributed by atoms with van der Waals surface area (Å²) in [5.74, 6) is 1.25. The zero-order valence-corrected chi connectivity index (χ0v) is 50.2. The molecule has 0 atom stereocenters. The van der Waals surface area contributed by atoms with E-state index in [1.54, 1.807) is 24.3 Å². The van der Waals surface area contributed by atoms with Crippen molar-refractivity contribution < 1.29 is 20.4 Å². The Labute approximate surface area is 541 Å². The summed E-state index contributed by atoms with van der Waals surface area (Å²) in [4.78, 5) is 20.2. The third-order valence-electron chi connectivity index (χ3n) is 18.1. The third kappa shape index (κ3) is 9.42. The number of hydrogen-bond donors (Lipinski definition) is 4. The molecule has 94 heavy (non-hydrogen) atoms. The predicted molar refractivity (Wildman–Crippen MR) is 378 cm³/mol. The molecule has 13 aromatic carbocycles. The minimum atomic E-state index is -0.306. The number of aromatic hydroxyl groups is 4. The van der Waals surface area contributed by atoms with Gasteiger partial charge in [-0.3, -0.25) is 0 Å². The maximum absolute atomic E-state index is 10.9. The molecule has 0 saturated carbocycles. The molecule has 12 heteroatoms. The van der Waals surface area contributed by atoms with Crippen LogP contribution >= 0.6 is 0 Å². The van der Waals surface area contributed by atoms with E-state index < -0.39 is 0 Å². The summed E-state index contributed by atoms with van der Waals surface area (Å²) in [5, 5.41) is 56.1. The Morgan fingerprint density at radius 2 is 0.734 bits per heavy atom. The summed E-state index contributed by atoms with van der Waals surface area (Å²) in [7, 11) is 0. The fraction of sp³-hybridized carbons (Fsp3) is 0. The lowest BCUT2D eigenvalue weighted by Gasteiger charge is -2.44. The van der Waals surface area contributed by atoms with Crippen molar-refractivity contribution in [1.82, 2.24) is 19.5 Å². The van der Waals surface area contributed by atoms with Gasteiger partial charge in [-0.1, -0.05) is 170 Å². The van der Waals surface area contributed by atoms with Crippen LogP contribution < -0.4 is 26.2 Å². The van der Waals surface area contributed by atoms with E-state index in [9.17, 15) is 25.7 Å². The van der Waals surface area contributed by atoms with Crippen LogP contribution in [-0.4, -0.2) is 46.7 Å². The van der Waals surface area contributed by atoms with Crippen LogP contribution in [0.3, 0.4) is 0 Å². The summed E-state index contributed by atoms with van der Waals surface area (Å²) < 4.78 is 2.28. The lowest BCUT2D eigenvalue weighted by Crippen LogP contribution is -2.61. The second-order valence-corrected chi connectivity index (χ2v) is 23.8. The number of para-hydroxylation sites is 2. The van der Waals surface area contributed by atoms with Crippen LogP contribution in [0.1, 0.15) is 5.56 Å². The van der Waals surface area contributed by atoms with Crippen LogP contribution in [0.4, 0.5) is 34.1 Å². The molecule has 0 spiro atoms. The van der Waals surface area contributed by atoms with Crippen molar-refractivity contribution >= 4 is 79.0 Å². The van der Waals surface area contributed by atoms with Crippen LogP contribution in [0.2, 0.25) is 0 Å². The van der Waals surface area contributed by atoms with Gasteiger partial charge in [0, 0.05) is 73.7 Å². The number of nitrogens with zero attached hydrogens (tertiary/aromatic N) is 7. The Morgan fingerprint density at radius 3 is 1.24 bits per heavy atom. The second-order valence-electron chi connectivity index (χ2n) is 23.8. The van der Waals surface area contributed by atoms with E-state index in [-0.39, 0.29) is 29.7 Å². The van der Waals surface area contributed by atoms with Crippen molar-refractivity contribution in [3.05, 3.63) is 297 Å². The monoisotopic (exact) mass is 1210 g/mol. The zero-order valence-electron chi connectivity index (χ0n) is 50.2. The van der Waals surface area contributed by atoms with Gasteiger partial charge in [-0.25, -0.2) is 15.0 Å². The molecule has 0 saturated heterocycles. The Kier molecular flexibility index (Phi) is 13.0. The largest absolute Gasteiger partial charge is 0.508 e. The maximum Gasteiger partial charge on any atom is 0.252 e. The molecule has 2 aromatic heterocycles. The highest BCUT2D eigenvalue weighted by Gasteiger charge is 2.44.